The van der Waals surface area contributed by atoms with Crippen LogP contribution in [0.3, 0.4) is 0 Å². The predicted octanol–water partition coefficient (Wildman–Crippen LogP) is 1.27. The Morgan fingerprint density at radius 1 is 1.12 bits per heavy atom. The fourth-order valence-electron chi connectivity index (χ4n) is 1.67. The normalized spacial score (nSPS) is 25.9. The average Bonchev–Trinajstić information content (AvgIpc) is 2.57. The number of hydrogen-bond donors (Lipinski definition) is 0. The first kappa shape index (κ1) is 13.3. The lowest BCUT2D eigenvalue weighted by atomic mass is 10.2. The first-order valence-electron chi connectivity index (χ1n) is 5.41. The molecule has 5 nitrogen and oxygen atoms in total. The lowest BCUT2D eigenvalue weighted by Gasteiger charge is -2.24. The molecule has 1 rings (SSSR count). The maximum Gasteiger partial charge on any atom is 0.410 e. The van der Waals surface area contributed by atoms with Gasteiger partial charge in [0.15, 0.2) is 0 Å². The quantitative estimate of drug-likeness (QED) is 0.718. The highest BCUT2D eigenvalue weighted by atomic mass is 16.6. The molecule has 0 unspecified atom stereocenters. The van der Waals surface area contributed by atoms with E-state index in [1.807, 2.05) is 20.8 Å². The van der Waals surface area contributed by atoms with Crippen LogP contribution in [-0.2, 0) is 14.2 Å². The number of methoxy groups -OCH3 is 2. The Morgan fingerprint density at radius 3 is 1.88 bits per heavy atom. The molecule has 0 aliphatic carbocycles. The third kappa shape index (κ3) is 3.35. The van der Waals surface area contributed by atoms with E-state index < -0.39 is 5.60 Å². The van der Waals surface area contributed by atoms with Gasteiger partial charge in [-0.25, -0.2) is 4.79 Å². The molecule has 0 radical (unpaired) electrons. The van der Waals surface area contributed by atoms with Gasteiger partial charge < -0.3 is 19.1 Å². The van der Waals surface area contributed by atoms with E-state index in [2.05, 4.69) is 0 Å². The molecule has 2 atom stereocenters. The van der Waals surface area contributed by atoms with Gasteiger partial charge in [0.2, 0.25) is 0 Å². The van der Waals surface area contributed by atoms with Crippen LogP contribution in [0.25, 0.3) is 0 Å². The predicted molar refractivity (Wildman–Crippen MR) is 59.4 cm³/mol. The lowest BCUT2D eigenvalue weighted by molar-refractivity contribution is -0.00461. The van der Waals surface area contributed by atoms with Crippen LogP contribution < -0.4 is 0 Å². The van der Waals surface area contributed by atoms with Crippen molar-refractivity contribution in [3.05, 3.63) is 0 Å². The van der Waals surface area contributed by atoms with Crippen LogP contribution in [0.2, 0.25) is 0 Å². The number of nitrogens with zero attached hydrogens (tertiary/aromatic N) is 1. The molecule has 0 bridgehead atoms. The third-order valence-corrected chi connectivity index (χ3v) is 2.47. The number of ether oxygens (including phenoxy) is 3. The fraction of sp³-hybridized carbons (Fsp3) is 0.909. The molecule has 0 saturated carbocycles. The van der Waals surface area contributed by atoms with Gasteiger partial charge >= 0.3 is 6.09 Å². The lowest BCUT2D eigenvalue weighted by Crippen LogP contribution is -2.36. The molecular formula is C11H21NO4. The fourth-order valence-corrected chi connectivity index (χ4v) is 1.67. The second-order valence-corrected chi connectivity index (χ2v) is 4.93. The van der Waals surface area contributed by atoms with Gasteiger partial charge in [0, 0.05) is 14.2 Å². The number of hydrogen-bond acceptors (Lipinski definition) is 4. The van der Waals surface area contributed by atoms with Gasteiger partial charge in [-0.2, -0.15) is 0 Å². The van der Waals surface area contributed by atoms with Crippen LogP contribution in [-0.4, -0.2) is 56.1 Å². The maximum atomic E-state index is 11.8. The Morgan fingerprint density at radius 2 is 1.56 bits per heavy atom. The van der Waals surface area contributed by atoms with E-state index in [1.54, 1.807) is 19.1 Å². The summed E-state index contributed by atoms with van der Waals surface area (Å²) in [5.41, 5.74) is -0.467. The van der Waals surface area contributed by atoms with E-state index in [4.69, 9.17) is 14.2 Å². The number of rotatable bonds is 2. The number of carbonyl (C=O) groups is 1. The first-order valence-corrected chi connectivity index (χ1v) is 5.41. The largest absolute Gasteiger partial charge is 0.444 e. The van der Waals surface area contributed by atoms with Crippen LogP contribution in [0.4, 0.5) is 4.79 Å². The summed E-state index contributed by atoms with van der Waals surface area (Å²) < 4.78 is 15.8. The molecule has 1 amide bonds. The van der Waals surface area contributed by atoms with Gasteiger partial charge in [0.25, 0.3) is 0 Å². The maximum absolute atomic E-state index is 11.8. The summed E-state index contributed by atoms with van der Waals surface area (Å²) in [5.74, 6) is 0. The molecule has 94 valence electrons. The van der Waals surface area contributed by atoms with Crippen LogP contribution in [0.5, 0.6) is 0 Å². The van der Waals surface area contributed by atoms with Crippen LogP contribution in [0.1, 0.15) is 20.8 Å². The number of likely N-dealkylation sites (tertiary alicyclic amines) is 1. The summed E-state index contributed by atoms with van der Waals surface area (Å²) in [4.78, 5) is 13.4. The summed E-state index contributed by atoms with van der Waals surface area (Å²) in [6.45, 7) is 6.58. The summed E-state index contributed by atoms with van der Waals surface area (Å²) >= 11 is 0. The van der Waals surface area contributed by atoms with Crippen LogP contribution >= 0.6 is 0 Å². The smallest absolute Gasteiger partial charge is 0.410 e. The molecule has 0 spiro atoms. The zero-order chi connectivity index (χ0) is 12.3. The zero-order valence-electron chi connectivity index (χ0n) is 10.6. The topological polar surface area (TPSA) is 48.0 Å². The number of amides is 1. The summed E-state index contributed by atoms with van der Waals surface area (Å²) in [5, 5.41) is 0. The van der Waals surface area contributed by atoms with Crippen molar-refractivity contribution in [1.29, 1.82) is 0 Å². The van der Waals surface area contributed by atoms with E-state index in [1.165, 1.54) is 0 Å². The van der Waals surface area contributed by atoms with Crippen LogP contribution in [0, 0.1) is 0 Å². The van der Waals surface area contributed by atoms with Crippen molar-refractivity contribution in [2.24, 2.45) is 0 Å². The van der Waals surface area contributed by atoms with E-state index >= 15 is 0 Å². The summed E-state index contributed by atoms with van der Waals surface area (Å²) in [7, 11) is 3.24. The Hall–Kier alpha value is -0.810. The third-order valence-electron chi connectivity index (χ3n) is 2.47. The second kappa shape index (κ2) is 5.01. The first-order chi connectivity index (χ1) is 7.37. The SMILES string of the molecule is CO[C@H]1CN(C(=O)OC(C)(C)C)C[C@H]1OC. The van der Waals surface area contributed by atoms with E-state index in [0.29, 0.717) is 13.1 Å². The summed E-state index contributed by atoms with van der Waals surface area (Å²) in [6, 6.07) is 0. The number of carbonyl (C=O) groups excluding carboxylic acids is 1. The van der Waals surface area contributed by atoms with Crippen molar-refractivity contribution >= 4 is 6.09 Å². The van der Waals surface area contributed by atoms with Crippen molar-refractivity contribution in [2.45, 2.75) is 38.6 Å². The molecule has 1 fully saturated rings. The molecular weight excluding hydrogens is 210 g/mol. The molecule has 1 saturated heterocycles. The van der Waals surface area contributed by atoms with Crippen molar-refractivity contribution in [2.75, 3.05) is 27.3 Å². The highest BCUT2D eigenvalue weighted by molar-refractivity contribution is 5.68. The molecule has 0 N–H and O–H groups in total. The van der Waals surface area contributed by atoms with Gasteiger partial charge in [-0.05, 0) is 20.8 Å². The average molecular weight is 231 g/mol. The van der Waals surface area contributed by atoms with E-state index in [-0.39, 0.29) is 18.3 Å². The molecule has 16 heavy (non-hydrogen) atoms. The van der Waals surface area contributed by atoms with Crippen molar-refractivity contribution in [3.8, 4) is 0 Å². The Kier molecular flexibility index (Phi) is 4.15. The van der Waals surface area contributed by atoms with Gasteiger partial charge in [-0.3, -0.25) is 0 Å². The van der Waals surface area contributed by atoms with Crippen LogP contribution in [0.15, 0.2) is 0 Å². The minimum absolute atomic E-state index is 0.0717. The molecule has 0 aromatic heterocycles. The molecule has 1 heterocycles. The Labute approximate surface area is 96.6 Å². The van der Waals surface area contributed by atoms with Crippen molar-refractivity contribution in [1.82, 2.24) is 4.90 Å². The highest BCUT2D eigenvalue weighted by Gasteiger charge is 2.37. The Bertz CT molecular complexity index is 237. The molecule has 1 aliphatic heterocycles. The van der Waals surface area contributed by atoms with Gasteiger partial charge in [-0.1, -0.05) is 0 Å². The second-order valence-electron chi connectivity index (χ2n) is 4.93. The zero-order valence-corrected chi connectivity index (χ0v) is 10.6. The monoisotopic (exact) mass is 231 g/mol. The Balaban J connectivity index is 2.54. The van der Waals surface area contributed by atoms with E-state index in [0.717, 1.165) is 0 Å². The van der Waals surface area contributed by atoms with E-state index in [9.17, 15) is 4.79 Å². The van der Waals surface area contributed by atoms with Gasteiger partial charge in [-0.15, -0.1) is 0 Å². The van der Waals surface area contributed by atoms with Gasteiger partial charge in [0.05, 0.1) is 13.1 Å². The highest BCUT2D eigenvalue weighted by Crippen LogP contribution is 2.18. The van der Waals surface area contributed by atoms with Crippen molar-refractivity contribution in [3.63, 3.8) is 0 Å². The molecule has 0 aromatic rings. The molecule has 0 aromatic carbocycles. The molecule has 1 aliphatic rings. The molecule has 5 heteroatoms. The summed E-state index contributed by atoms with van der Waals surface area (Å²) in [6.07, 6.45) is -0.455. The standard InChI is InChI=1S/C11H21NO4/c1-11(2,3)16-10(13)12-6-8(14-4)9(7-12)15-5/h8-9H,6-7H2,1-5H3/t8-,9+. The minimum Gasteiger partial charge on any atom is -0.444 e. The van der Waals surface area contributed by atoms with Crippen molar-refractivity contribution < 1.29 is 19.0 Å². The minimum atomic E-state index is -0.467. The van der Waals surface area contributed by atoms with Gasteiger partial charge in [0.1, 0.15) is 17.8 Å².